The van der Waals surface area contributed by atoms with Crippen molar-refractivity contribution in [2.45, 2.75) is 20.0 Å². The molecule has 1 unspecified atom stereocenters. The molecule has 0 aromatic heterocycles. The molecule has 0 saturated carbocycles. The molecule has 0 aliphatic heterocycles. The fourth-order valence-electron chi connectivity index (χ4n) is 3.77. The minimum atomic E-state index is -3.57. The predicted molar refractivity (Wildman–Crippen MR) is 138 cm³/mol. The van der Waals surface area contributed by atoms with Gasteiger partial charge in [-0.1, -0.05) is 18.2 Å². The maximum absolute atomic E-state index is 11.4. The van der Waals surface area contributed by atoms with Gasteiger partial charge in [0.2, 0.25) is 10.0 Å². The zero-order chi connectivity index (χ0) is 26.5. The van der Waals surface area contributed by atoms with E-state index in [-0.39, 0.29) is 23.5 Å². The van der Waals surface area contributed by atoms with Crippen LogP contribution in [0.3, 0.4) is 0 Å². The molecule has 3 aromatic rings. The van der Waals surface area contributed by atoms with Gasteiger partial charge in [-0.15, -0.1) is 0 Å². The quantitative estimate of drug-likeness (QED) is 0.193. The molecule has 0 bridgehead atoms. The van der Waals surface area contributed by atoms with Gasteiger partial charge in [-0.2, -0.15) is 0 Å². The van der Waals surface area contributed by atoms with Gasteiger partial charge in [0.25, 0.3) is 0 Å². The molecule has 36 heavy (non-hydrogen) atoms. The van der Waals surface area contributed by atoms with E-state index in [0.717, 1.165) is 34.3 Å². The number of hydrogen-bond acceptors (Lipinski definition) is 7. The molecule has 192 valence electrons. The Kier molecular flexibility index (Phi) is 8.57. The van der Waals surface area contributed by atoms with Crippen molar-refractivity contribution in [2.75, 3.05) is 30.7 Å². The van der Waals surface area contributed by atoms with Crippen molar-refractivity contribution in [3.63, 3.8) is 0 Å². The van der Waals surface area contributed by atoms with E-state index >= 15 is 0 Å². The van der Waals surface area contributed by atoms with Gasteiger partial charge in [-0.25, -0.2) is 13.2 Å². The van der Waals surface area contributed by atoms with Crippen molar-refractivity contribution < 1.29 is 33.3 Å². The number of benzene rings is 3. The second kappa shape index (κ2) is 11.4. The Morgan fingerprint density at radius 3 is 2.22 bits per heavy atom. The van der Waals surface area contributed by atoms with Crippen molar-refractivity contribution in [1.29, 1.82) is 0 Å². The number of carboxylic acids is 1. The summed E-state index contributed by atoms with van der Waals surface area (Å²) in [5.41, 5.74) is 4.47. The number of hydrogen-bond donors (Lipinski definition) is 5. The van der Waals surface area contributed by atoms with Crippen LogP contribution in [0.15, 0.2) is 54.6 Å². The number of nitrogens with one attached hydrogen (secondary N) is 2. The van der Waals surface area contributed by atoms with E-state index in [1.54, 1.807) is 24.3 Å². The fourth-order valence-corrected chi connectivity index (χ4v) is 4.34. The van der Waals surface area contributed by atoms with Crippen LogP contribution in [0.4, 0.5) is 5.69 Å². The van der Waals surface area contributed by atoms with Crippen LogP contribution >= 0.6 is 0 Å². The van der Waals surface area contributed by atoms with E-state index in [1.807, 2.05) is 26.0 Å². The highest BCUT2D eigenvalue weighted by Gasteiger charge is 2.13. The largest absolute Gasteiger partial charge is 0.506 e. The molecule has 10 heteroatoms. The molecule has 0 radical (unpaired) electrons. The first kappa shape index (κ1) is 27.0. The molecule has 1 atom stereocenters. The van der Waals surface area contributed by atoms with Gasteiger partial charge in [-0.3, -0.25) is 4.72 Å². The number of phenolic OH excluding ortho intramolecular Hbond substituents is 1. The summed E-state index contributed by atoms with van der Waals surface area (Å²) >= 11 is 0. The first-order chi connectivity index (χ1) is 16.9. The van der Waals surface area contributed by atoms with Crippen LogP contribution in [-0.2, 0) is 10.0 Å². The Balaban J connectivity index is 1.54. The topological polar surface area (TPSA) is 145 Å². The Labute approximate surface area is 210 Å². The minimum Gasteiger partial charge on any atom is -0.506 e. The zero-order valence-corrected chi connectivity index (χ0v) is 21.1. The highest BCUT2D eigenvalue weighted by atomic mass is 32.2. The number of aromatic carboxylic acids is 1. The van der Waals surface area contributed by atoms with Crippen molar-refractivity contribution in [3.8, 4) is 22.6 Å². The van der Waals surface area contributed by atoms with E-state index in [4.69, 9.17) is 9.84 Å². The van der Waals surface area contributed by atoms with E-state index in [9.17, 15) is 23.4 Å². The molecule has 0 fully saturated rings. The minimum absolute atomic E-state index is 0.00427. The van der Waals surface area contributed by atoms with Gasteiger partial charge in [0.15, 0.2) is 0 Å². The van der Waals surface area contributed by atoms with E-state index < -0.39 is 22.1 Å². The van der Waals surface area contributed by atoms with Gasteiger partial charge in [0.05, 0.1) is 23.6 Å². The number of ether oxygens (including phenoxy) is 1. The number of phenols is 1. The van der Waals surface area contributed by atoms with E-state index in [1.165, 1.54) is 18.2 Å². The number of carbonyl (C=O) groups is 1. The third kappa shape index (κ3) is 7.20. The van der Waals surface area contributed by atoms with Gasteiger partial charge < -0.3 is 25.4 Å². The second-order valence-electron chi connectivity index (χ2n) is 8.54. The standard InChI is InChI=1S/C26H30N2O7S/c1-16-12-21(18-4-6-19(7-5-18)26(31)32)13-17(2)25(16)35-11-10-27-15-24(30)20-8-9-23(29)22(14-20)28-36(3,33)34/h4-9,12-14,24,27-30H,10-11,15H2,1-3H3,(H,31,32). The van der Waals surface area contributed by atoms with Gasteiger partial charge in [-0.05, 0) is 78.1 Å². The number of rotatable bonds is 11. The average Bonchev–Trinajstić information content (AvgIpc) is 2.80. The van der Waals surface area contributed by atoms with E-state index in [2.05, 4.69) is 10.0 Å². The van der Waals surface area contributed by atoms with Gasteiger partial charge in [0.1, 0.15) is 18.1 Å². The Hall–Kier alpha value is -3.60. The Morgan fingerprint density at radius 1 is 1.00 bits per heavy atom. The summed E-state index contributed by atoms with van der Waals surface area (Å²) in [5.74, 6) is -0.430. The van der Waals surface area contributed by atoms with Crippen LogP contribution in [0, 0.1) is 13.8 Å². The molecular weight excluding hydrogens is 484 g/mol. The molecule has 9 nitrogen and oxygen atoms in total. The molecule has 0 spiro atoms. The highest BCUT2D eigenvalue weighted by Crippen LogP contribution is 2.31. The summed E-state index contributed by atoms with van der Waals surface area (Å²) in [7, 11) is -3.57. The van der Waals surface area contributed by atoms with Crippen LogP contribution in [0.1, 0.15) is 33.2 Å². The van der Waals surface area contributed by atoms with Crippen molar-refractivity contribution in [1.82, 2.24) is 5.32 Å². The van der Waals surface area contributed by atoms with E-state index in [0.29, 0.717) is 18.7 Å². The summed E-state index contributed by atoms with van der Waals surface area (Å²) in [4.78, 5) is 11.1. The first-order valence-corrected chi connectivity index (χ1v) is 13.1. The Bertz CT molecular complexity index is 1320. The van der Waals surface area contributed by atoms with Crippen LogP contribution in [-0.4, -0.2) is 55.7 Å². The lowest BCUT2D eigenvalue weighted by Gasteiger charge is -2.16. The number of anilines is 1. The normalized spacial score (nSPS) is 12.2. The molecule has 3 rings (SSSR count). The van der Waals surface area contributed by atoms with Crippen molar-refractivity contribution in [3.05, 3.63) is 76.9 Å². The average molecular weight is 515 g/mol. The Morgan fingerprint density at radius 2 is 1.64 bits per heavy atom. The summed E-state index contributed by atoms with van der Waals surface area (Å²) in [6.07, 6.45) is 0.0630. The van der Waals surface area contributed by atoms with Crippen molar-refractivity contribution in [2.24, 2.45) is 0 Å². The zero-order valence-electron chi connectivity index (χ0n) is 20.3. The van der Waals surface area contributed by atoms with Gasteiger partial charge in [0, 0.05) is 13.1 Å². The summed E-state index contributed by atoms with van der Waals surface area (Å²) in [6, 6.07) is 14.9. The molecule has 0 aliphatic rings. The molecule has 0 heterocycles. The third-order valence-corrected chi connectivity index (χ3v) is 6.08. The van der Waals surface area contributed by atoms with Crippen LogP contribution < -0.4 is 14.8 Å². The highest BCUT2D eigenvalue weighted by molar-refractivity contribution is 7.92. The number of aliphatic hydroxyl groups excluding tert-OH is 1. The number of aromatic hydroxyl groups is 1. The lowest BCUT2D eigenvalue weighted by atomic mass is 9.99. The smallest absolute Gasteiger partial charge is 0.335 e. The maximum Gasteiger partial charge on any atom is 0.335 e. The number of aryl methyl sites for hydroxylation is 2. The fraction of sp³-hybridized carbons (Fsp3) is 0.269. The van der Waals surface area contributed by atoms with Crippen molar-refractivity contribution >= 4 is 21.7 Å². The van der Waals surface area contributed by atoms with Crippen LogP contribution in [0.5, 0.6) is 11.5 Å². The summed E-state index contributed by atoms with van der Waals surface area (Å²) < 4.78 is 31.0. The third-order valence-electron chi connectivity index (χ3n) is 5.49. The monoisotopic (exact) mass is 514 g/mol. The first-order valence-electron chi connectivity index (χ1n) is 11.2. The maximum atomic E-state index is 11.4. The summed E-state index contributed by atoms with van der Waals surface area (Å²) in [6.45, 7) is 4.91. The molecular formula is C26H30N2O7S. The number of carboxylic acid groups (broad SMARTS) is 1. The van der Waals surface area contributed by atoms with Crippen LogP contribution in [0.25, 0.3) is 11.1 Å². The molecule has 3 aromatic carbocycles. The molecule has 0 aliphatic carbocycles. The second-order valence-corrected chi connectivity index (χ2v) is 10.3. The van der Waals surface area contributed by atoms with Gasteiger partial charge >= 0.3 is 5.97 Å². The summed E-state index contributed by atoms with van der Waals surface area (Å²) in [5, 5.41) is 32.4. The van der Waals surface area contributed by atoms with Crippen LogP contribution in [0.2, 0.25) is 0 Å². The molecule has 0 saturated heterocycles. The molecule has 0 amide bonds. The predicted octanol–water partition coefficient (Wildman–Crippen LogP) is 3.45. The lowest BCUT2D eigenvalue weighted by molar-refractivity contribution is 0.0697. The number of aliphatic hydroxyl groups is 1. The lowest BCUT2D eigenvalue weighted by Crippen LogP contribution is -2.26. The SMILES string of the molecule is Cc1cc(-c2ccc(C(=O)O)cc2)cc(C)c1OCCNCC(O)c1ccc(O)c(NS(C)(=O)=O)c1. The molecule has 5 N–H and O–H groups in total. The number of sulfonamides is 1.